The van der Waals surface area contributed by atoms with Gasteiger partial charge in [0.1, 0.15) is 0 Å². The van der Waals surface area contributed by atoms with E-state index in [9.17, 15) is 0 Å². The highest BCUT2D eigenvalue weighted by Gasteiger charge is 2.17. The van der Waals surface area contributed by atoms with Crippen LogP contribution in [0, 0.1) is 0 Å². The third-order valence-corrected chi connectivity index (χ3v) is 6.04. The van der Waals surface area contributed by atoms with E-state index in [4.69, 9.17) is 4.98 Å². The van der Waals surface area contributed by atoms with E-state index in [1.54, 1.807) is 22.7 Å². The van der Waals surface area contributed by atoms with Gasteiger partial charge in [-0.1, -0.05) is 27.7 Å². The molecule has 0 aliphatic rings. The van der Waals surface area contributed by atoms with Crippen molar-refractivity contribution in [2.24, 2.45) is 4.99 Å². The molecule has 0 aliphatic heterocycles. The van der Waals surface area contributed by atoms with E-state index in [1.165, 1.54) is 9.88 Å². The first-order valence-corrected chi connectivity index (χ1v) is 10.5. The van der Waals surface area contributed by atoms with Crippen LogP contribution in [-0.4, -0.2) is 29.0 Å². The molecule has 0 unspecified atom stereocenters. The summed E-state index contributed by atoms with van der Waals surface area (Å²) in [7, 11) is 0. The zero-order valence-electron chi connectivity index (χ0n) is 15.8. The minimum Gasteiger partial charge on any atom is -0.357 e. The van der Waals surface area contributed by atoms with Gasteiger partial charge in [0.05, 0.1) is 22.3 Å². The molecular weight excluding hydrogens is 350 g/mol. The highest BCUT2D eigenvalue weighted by molar-refractivity contribution is 7.11. The van der Waals surface area contributed by atoms with Crippen LogP contribution in [0.4, 0.5) is 0 Å². The summed E-state index contributed by atoms with van der Waals surface area (Å²) < 4.78 is 0. The molecule has 0 radical (unpaired) electrons. The van der Waals surface area contributed by atoms with Crippen LogP contribution in [0.5, 0.6) is 0 Å². The minimum atomic E-state index is 0.0976. The predicted octanol–water partition coefficient (Wildman–Crippen LogP) is 3.76. The van der Waals surface area contributed by atoms with Gasteiger partial charge in [-0.15, -0.1) is 22.7 Å². The number of nitrogens with zero attached hydrogens (tertiary/aromatic N) is 3. The minimum absolute atomic E-state index is 0.0976. The normalized spacial score (nSPS) is 12.4. The molecule has 0 aliphatic carbocycles. The maximum atomic E-state index is 4.70. The molecule has 7 heteroatoms. The van der Waals surface area contributed by atoms with E-state index in [2.05, 4.69) is 60.6 Å². The van der Waals surface area contributed by atoms with Crippen LogP contribution < -0.4 is 10.6 Å². The Morgan fingerprint density at radius 2 is 2.04 bits per heavy atom. The summed E-state index contributed by atoms with van der Waals surface area (Å²) in [6.07, 6.45) is 3.95. The number of aliphatic imine (C=N–C) groups is 1. The average Bonchev–Trinajstić information content (AvgIpc) is 3.21. The number of hydrogen-bond acceptors (Lipinski definition) is 5. The summed E-state index contributed by atoms with van der Waals surface area (Å²) in [4.78, 5) is 15.2. The molecule has 0 atom stereocenters. The number of hydrogen-bond donors (Lipinski definition) is 2. The standard InChI is InChI=1S/C18H29N5S2/c1-6-14-11-21-15(25-14)8-9-20-17(19-7-2)22-10-13-12-24-16(23-13)18(3,4)5/h11-12H,6-10H2,1-5H3,(H2,19,20,22). The van der Waals surface area contributed by atoms with E-state index in [0.29, 0.717) is 6.54 Å². The van der Waals surface area contributed by atoms with Gasteiger partial charge in [-0.05, 0) is 13.3 Å². The van der Waals surface area contributed by atoms with Gasteiger partial charge >= 0.3 is 0 Å². The Labute approximate surface area is 159 Å². The van der Waals surface area contributed by atoms with E-state index >= 15 is 0 Å². The van der Waals surface area contributed by atoms with Crippen LogP contribution in [-0.2, 0) is 24.8 Å². The third kappa shape index (κ3) is 6.40. The van der Waals surface area contributed by atoms with Gasteiger partial charge in [0.15, 0.2) is 5.96 Å². The fourth-order valence-corrected chi connectivity index (χ4v) is 3.90. The first-order chi connectivity index (χ1) is 11.9. The summed E-state index contributed by atoms with van der Waals surface area (Å²) in [6, 6.07) is 0. The highest BCUT2D eigenvalue weighted by Crippen LogP contribution is 2.25. The molecule has 138 valence electrons. The lowest BCUT2D eigenvalue weighted by Gasteiger charge is -2.13. The van der Waals surface area contributed by atoms with Gasteiger partial charge in [-0.25, -0.2) is 15.0 Å². The molecule has 0 fully saturated rings. The number of nitrogens with one attached hydrogen (secondary N) is 2. The molecule has 0 saturated heterocycles. The molecule has 0 saturated carbocycles. The molecular formula is C18H29N5S2. The first kappa shape index (κ1) is 19.8. The number of thiazole rings is 2. The lowest BCUT2D eigenvalue weighted by Crippen LogP contribution is -2.38. The van der Waals surface area contributed by atoms with Crippen molar-refractivity contribution in [3.8, 4) is 0 Å². The Hall–Kier alpha value is -1.47. The number of aryl methyl sites for hydroxylation is 1. The topological polar surface area (TPSA) is 62.2 Å². The van der Waals surface area contributed by atoms with Crippen molar-refractivity contribution < 1.29 is 0 Å². The summed E-state index contributed by atoms with van der Waals surface area (Å²) >= 11 is 3.51. The Balaban J connectivity index is 1.88. The maximum Gasteiger partial charge on any atom is 0.191 e. The second-order valence-electron chi connectivity index (χ2n) is 6.84. The SMILES string of the molecule is CCNC(=NCc1csc(C(C)(C)C)n1)NCCc1ncc(CC)s1. The quantitative estimate of drug-likeness (QED) is 0.568. The maximum absolute atomic E-state index is 4.70. The van der Waals surface area contributed by atoms with Crippen molar-refractivity contribution in [1.82, 2.24) is 20.6 Å². The lowest BCUT2D eigenvalue weighted by atomic mass is 9.98. The van der Waals surface area contributed by atoms with Crippen molar-refractivity contribution in [1.29, 1.82) is 0 Å². The van der Waals surface area contributed by atoms with Crippen molar-refractivity contribution in [2.75, 3.05) is 13.1 Å². The van der Waals surface area contributed by atoms with Crippen LogP contribution >= 0.6 is 22.7 Å². The van der Waals surface area contributed by atoms with Crippen molar-refractivity contribution >= 4 is 28.6 Å². The largest absolute Gasteiger partial charge is 0.357 e. The Morgan fingerprint density at radius 3 is 2.64 bits per heavy atom. The Kier molecular flexibility index (Phi) is 7.38. The average molecular weight is 380 g/mol. The Morgan fingerprint density at radius 1 is 1.24 bits per heavy atom. The first-order valence-electron chi connectivity index (χ1n) is 8.83. The monoisotopic (exact) mass is 379 g/mol. The van der Waals surface area contributed by atoms with Gasteiger partial charge in [0, 0.05) is 41.4 Å². The molecule has 0 amide bonds. The van der Waals surface area contributed by atoms with E-state index in [0.717, 1.165) is 42.6 Å². The van der Waals surface area contributed by atoms with Crippen molar-refractivity contribution in [3.05, 3.63) is 32.2 Å². The van der Waals surface area contributed by atoms with Crippen LogP contribution in [0.2, 0.25) is 0 Å². The third-order valence-electron chi connectivity index (χ3n) is 3.52. The van der Waals surface area contributed by atoms with Gasteiger partial charge in [-0.2, -0.15) is 0 Å². The van der Waals surface area contributed by atoms with E-state index < -0.39 is 0 Å². The Bertz CT molecular complexity index is 682. The van der Waals surface area contributed by atoms with E-state index in [-0.39, 0.29) is 5.41 Å². The second kappa shape index (κ2) is 9.29. The van der Waals surface area contributed by atoms with Crippen molar-refractivity contribution in [2.45, 2.75) is 59.4 Å². The predicted molar refractivity (Wildman–Crippen MR) is 109 cm³/mol. The molecule has 0 spiro atoms. The van der Waals surface area contributed by atoms with Crippen molar-refractivity contribution in [3.63, 3.8) is 0 Å². The fraction of sp³-hybridized carbons (Fsp3) is 0.611. The molecule has 2 heterocycles. The molecule has 2 aromatic heterocycles. The number of rotatable bonds is 7. The molecule has 0 aromatic carbocycles. The van der Waals surface area contributed by atoms with Crippen LogP contribution in [0.1, 0.15) is 55.2 Å². The van der Waals surface area contributed by atoms with Gasteiger partial charge in [0.2, 0.25) is 0 Å². The molecule has 5 nitrogen and oxygen atoms in total. The van der Waals surface area contributed by atoms with E-state index in [1.807, 2.05) is 6.20 Å². The van der Waals surface area contributed by atoms with Crippen LogP contribution in [0.15, 0.2) is 16.6 Å². The molecule has 2 rings (SSSR count). The number of guanidine groups is 1. The number of aromatic nitrogens is 2. The molecule has 2 N–H and O–H groups in total. The molecule has 0 bridgehead atoms. The van der Waals surface area contributed by atoms with Gasteiger partial charge in [0.25, 0.3) is 0 Å². The molecule has 2 aromatic rings. The van der Waals surface area contributed by atoms with Crippen LogP contribution in [0.3, 0.4) is 0 Å². The summed E-state index contributed by atoms with van der Waals surface area (Å²) in [5.41, 5.74) is 1.13. The highest BCUT2D eigenvalue weighted by atomic mass is 32.1. The zero-order valence-corrected chi connectivity index (χ0v) is 17.5. The molecule has 25 heavy (non-hydrogen) atoms. The van der Waals surface area contributed by atoms with Crippen LogP contribution in [0.25, 0.3) is 0 Å². The fourth-order valence-electron chi connectivity index (χ4n) is 2.14. The lowest BCUT2D eigenvalue weighted by molar-refractivity contribution is 0.583. The smallest absolute Gasteiger partial charge is 0.191 e. The second-order valence-corrected chi connectivity index (χ2v) is 8.90. The summed E-state index contributed by atoms with van der Waals surface area (Å²) in [6.45, 7) is 13.1. The summed E-state index contributed by atoms with van der Waals surface area (Å²) in [5.74, 6) is 0.833. The van der Waals surface area contributed by atoms with Gasteiger partial charge < -0.3 is 10.6 Å². The zero-order chi connectivity index (χ0) is 18.3. The summed E-state index contributed by atoms with van der Waals surface area (Å²) in [5, 5.41) is 11.1. The van der Waals surface area contributed by atoms with Gasteiger partial charge in [-0.3, -0.25) is 0 Å².